The van der Waals surface area contributed by atoms with Crippen LogP contribution in [0.5, 0.6) is 0 Å². The quantitative estimate of drug-likeness (QED) is 0.729. The van der Waals surface area contributed by atoms with Crippen LogP contribution in [0.25, 0.3) is 11.3 Å². The molecule has 0 bridgehead atoms. The fraction of sp³-hybridized carbons (Fsp3) is 0.111. The summed E-state index contributed by atoms with van der Waals surface area (Å²) in [5, 5.41) is 2.01. The standard InChI is InChI=1S/C9H8N2S2/c1-6-2-3-7(4-10-6)8-5-13-9(12)11-8/h2-5H,1H3,(H,11,12). The van der Waals surface area contributed by atoms with Crippen molar-refractivity contribution in [3.63, 3.8) is 0 Å². The molecule has 4 heteroatoms. The van der Waals surface area contributed by atoms with Crippen LogP contribution in [0.15, 0.2) is 23.7 Å². The Labute approximate surface area is 85.3 Å². The number of nitrogens with zero attached hydrogens (tertiary/aromatic N) is 1. The van der Waals surface area contributed by atoms with Crippen molar-refractivity contribution in [1.29, 1.82) is 0 Å². The Hall–Kier alpha value is -1.00. The van der Waals surface area contributed by atoms with Crippen LogP contribution in [0.1, 0.15) is 5.69 Å². The summed E-state index contributed by atoms with van der Waals surface area (Å²) in [6, 6.07) is 4.03. The van der Waals surface area contributed by atoms with Crippen LogP contribution in [0.4, 0.5) is 0 Å². The zero-order valence-electron chi connectivity index (χ0n) is 7.07. The maximum absolute atomic E-state index is 5.00. The summed E-state index contributed by atoms with van der Waals surface area (Å²) in [5.41, 5.74) is 3.15. The average Bonchev–Trinajstić information content (AvgIpc) is 2.53. The third kappa shape index (κ3) is 1.84. The van der Waals surface area contributed by atoms with Gasteiger partial charge in [-0.3, -0.25) is 4.98 Å². The number of aromatic nitrogens is 2. The second-order valence-corrected chi connectivity index (χ2v) is 4.30. The van der Waals surface area contributed by atoms with Gasteiger partial charge in [-0.25, -0.2) is 0 Å². The van der Waals surface area contributed by atoms with Crippen molar-refractivity contribution >= 4 is 23.6 Å². The Morgan fingerprint density at radius 1 is 1.46 bits per heavy atom. The molecule has 0 fully saturated rings. The topological polar surface area (TPSA) is 28.7 Å². The molecule has 0 unspecified atom stereocenters. The van der Waals surface area contributed by atoms with Crippen molar-refractivity contribution in [2.24, 2.45) is 0 Å². The minimum atomic E-state index is 0.801. The first kappa shape index (κ1) is 8.59. The molecule has 0 saturated carbocycles. The van der Waals surface area contributed by atoms with E-state index in [1.54, 1.807) is 0 Å². The van der Waals surface area contributed by atoms with Crippen LogP contribution in [0.3, 0.4) is 0 Å². The maximum atomic E-state index is 5.00. The lowest BCUT2D eigenvalue weighted by Crippen LogP contribution is -1.82. The largest absolute Gasteiger partial charge is 0.337 e. The van der Waals surface area contributed by atoms with Gasteiger partial charge in [-0.05, 0) is 31.3 Å². The normalized spacial score (nSPS) is 10.2. The molecule has 0 spiro atoms. The van der Waals surface area contributed by atoms with E-state index in [0.29, 0.717) is 0 Å². The van der Waals surface area contributed by atoms with E-state index in [1.165, 1.54) is 11.3 Å². The highest BCUT2D eigenvalue weighted by molar-refractivity contribution is 7.73. The second kappa shape index (κ2) is 3.40. The molecule has 2 aromatic heterocycles. The van der Waals surface area contributed by atoms with Crippen molar-refractivity contribution in [3.05, 3.63) is 33.4 Å². The smallest absolute Gasteiger partial charge is 0.158 e. The number of H-pyrrole nitrogens is 1. The average molecular weight is 208 g/mol. The van der Waals surface area contributed by atoms with Crippen LogP contribution in [-0.4, -0.2) is 9.97 Å². The van der Waals surface area contributed by atoms with Gasteiger partial charge in [0.25, 0.3) is 0 Å². The molecule has 2 rings (SSSR count). The molecule has 0 radical (unpaired) electrons. The first-order valence-corrected chi connectivity index (χ1v) is 5.15. The maximum Gasteiger partial charge on any atom is 0.158 e. The summed E-state index contributed by atoms with van der Waals surface area (Å²) in [4.78, 5) is 7.32. The van der Waals surface area contributed by atoms with E-state index >= 15 is 0 Å². The number of hydrogen-bond donors (Lipinski definition) is 1. The number of aryl methyl sites for hydroxylation is 1. The van der Waals surface area contributed by atoms with Crippen LogP contribution in [0.2, 0.25) is 0 Å². The van der Waals surface area contributed by atoms with Crippen LogP contribution >= 0.6 is 23.6 Å². The van der Waals surface area contributed by atoms with Crippen molar-refractivity contribution in [2.75, 3.05) is 0 Å². The minimum absolute atomic E-state index is 0.801. The minimum Gasteiger partial charge on any atom is -0.337 e. The third-order valence-electron chi connectivity index (χ3n) is 1.74. The zero-order valence-corrected chi connectivity index (χ0v) is 8.71. The third-order valence-corrected chi connectivity index (χ3v) is 2.80. The Morgan fingerprint density at radius 2 is 2.31 bits per heavy atom. The number of thiazole rings is 1. The summed E-state index contributed by atoms with van der Waals surface area (Å²) in [5.74, 6) is 0. The van der Waals surface area contributed by atoms with Gasteiger partial charge in [0.05, 0.1) is 5.69 Å². The van der Waals surface area contributed by atoms with Crippen molar-refractivity contribution in [3.8, 4) is 11.3 Å². The van der Waals surface area contributed by atoms with Gasteiger partial charge in [0.2, 0.25) is 0 Å². The first-order valence-electron chi connectivity index (χ1n) is 3.86. The van der Waals surface area contributed by atoms with Gasteiger partial charge in [0.1, 0.15) is 0 Å². The lowest BCUT2D eigenvalue weighted by atomic mass is 10.2. The van der Waals surface area contributed by atoms with E-state index in [1.807, 2.05) is 30.6 Å². The highest BCUT2D eigenvalue weighted by Crippen LogP contribution is 2.18. The summed E-state index contributed by atoms with van der Waals surface area (Å²) in [6.45, 7) is 1.97. The molecule has 2 nitrogen and oxygen atoms in total. The second-order valence-electron chi connectivity index (χ2n) is 2.75. The Balaban J connectivity index is 2.47. The molecule has 2 heterocycles. The lowest BCUT2D eigenvalue weighted by molar-refractivity contribution is 1.20. The molecule has 0 atom stereocenters. The lowest BCUT2D eigenvalue weighted by Gasteiger charge is -1.96. The molecule has 2 aromatic rings. The van der Waals surface area contributed by atoms with Gasteiger partial charge in [0.15, 0.2) is 3.95 Å². The van der Waals surface area contributed by atoms with E-state index in [9.17, 15) is 0 Å². The number of rotatable bonds is 1. The van der Waals surface area contributed by atoms with Crippen molar-refractivity contribution < 1.29 is 0 Å². The van der Waals surface area contributed by atoms with Gasteiger partial charge in [-0.15, -0.1) is 11.3 Å². The van der Waals surface area contributed by atoms with Gasteiger partial charge in [0, 0.05) is 22.8 Å². The molecule has 13 heavy (non-hydrogen) atoms. The molecule has 0 amide bonds. The van der Waals surface area contributed by atoms with Gasteiger partial charge >= 0.3 is 0 Å². The number of pyridine rings is 1. The predicted molar refractivity (Wildman–Crippen MR) is 57.5 cm³/mol. The Morgan fingerprint density at radius 3 is 2.85 bits per heavy atom. The number of aromatic amines is 1. The first-order chi connectivity index (χ1) is 6.25. The van der Waals surface area contributed by atoms with Crippen molar-refractivity contribution in [2.45, 2.75) is 6.92 Å². The fourth-order valence-electron chi connectivity index (χ4n) is 1.05. The molecular weight excluding hydrogens is 200 g/mol. The summed E-state index contributed by atoms with van der Waals surface area (Å²) in [7, 11) is 0. The molecule has 66 valence electrons. The van der Waals surface area contributed by atoms with Gasteiger partial charge in [-0.1, -0.05) is 0 Å². The molecule has 0 aliphatic carbocycles. The highest BCUT2D eigenvalue weighted by atomic mass is 32.1. The van der Waals surface area contributed by atoms with E-state index in [-0.39, 0.29) is 0 Å². The Kier molecular flexibility index (Phi) is 2.24. The number of hydrogen-bond acceptors (Lipinski definition) is 3. The summed E-state index contributed by atoms with van der Waals surface area (Å²) in [6.07, 6.45) is 1.85. The molecule has 0 aliphatic heterocycles. The molecular formula is C9H8N2S2. The monoisotopic (exact) mass is 208 g/mol. The predicted octanol–water partition coefficient (Wildman–Crippen LogP) is 3.18. The van der Waals surface area contributed by atoms with Crippen LogP contribution in [0, 0.1) is 10.9 Å². The van der Waals surface area contributed by atoms with Crippen LogP contribution < -0.4 is 0 Å². The van der Waals surface area contributed by atoms with E-state index in [4.69, 9.17) is 12.2 Å². The van der Waals surface area contributed by atoms with Crippen LogP contribution in [-0.2, 0) is 0 Å². The summed E-state index contributed by atoms with van der Waals surface area (Å²) < 4.78 is 0.801. The number of nitrogens with one attached hydrogen (secondary N) is 1. The highest BCUT2D eigenvalue weighted by Gasteiger charge is 1.98. The van der Waals surface area contributed by atoms with Crippen molar-refractivity contribution in [1.82, 2.24) is 9.97 Å². The fourth-order valence-corrected chi connectivity index (χ4v) is 1.89. The van der Waals surface area contributed by atoms with E-state index in [2.05, 4.69) is 9.97 Å². The molecule has 1 N–H and O–H groups in total. The molecule has 0 saturated heterocycles. The SMILES string of the molecule is Cc1ccc(-c2csc(=S)[nH]2)cn1. The Bertz CT molecular complexity index is 453. The molecule has 0 aromatic carbocycles. The van der Waals surface area contributed by atoms with Gasteiger partial charge < -0.3 is 4.98 Å². The zero-order chi connectivity index (χ0) is 9.26. The van der Waals surface area contributed by atoms with Gasteiger partial charge in [-0.2, -0.15) is 0 Å². The summed E-state index contributed by atoms with van der Waals surface area (Å²) >= 11 is 6.54. The van der Waals surface area contributed by atoms with E-state index in [0.717, 1.165) is 20.9 Å². The van der Waals surface area contributed by atoms with E-state index < -0.39 is 0 Å². The molecule has 0 aliphatic rings.